The predicted octanol–water partition coefficient (Wildman–Crippen LogP) is 4.81. The SMILES string of the molecule is C[C@H]1CCN(C(=O)COC(=O)/C=C/c2cccc(Cl)c2)c2ccccc2S1. The van der Waals surface area contributed by atoms with Gasteiger partial charge in [0, 0.05) is 27.8 Å². The molecule has 4 nitrogen and oxygen atoms in total. The van der Waals surface area contributed by atoms with E-state index in [0.717, 1.165) is 22.6 Å². The summed E-state index contributed by atoms with van der Waals surface area (Å²) in [5.74, 6) is -0.782. The highest BCUT2D eigenvalue weighted by molar-refractivity contribution is 8.00. The van der Waals surface area contributed by atoms with E-state index in [1.54, 1.807) is 40.9 Å². The molecule has 0 fully saturated rings. The van der Waals surface area contributed by atoms with E-state index in [1.165, 1.54) is 6.08 Å². The van der Waals surface area contributed by atoms with Crippen LogP contribution in [0.25, 0.3) is 6.08 Å². The Hall–Kier alpha value is -2.24. The standard InChI is InChI=1S/C21H20ClNO3S/c1-15-11-12-23(18-7-2-3-8-19(18)27-15)20(24)14-26-21(25)10-9-16-5-4-6-17(22)13-16/h2-10,13,15H,11-12,14H2,1H3/b10-9+/t15-/m0/s1. The molecule has 0 unspecified atom stereocenters. The number of thioether (sulfide) groups is 1. The first kappa shape index (κ1) is 19.5. The molecule has 1 aliphatic heterocycles. The first-order chi connectivity index (χ1) is 13.0. The number of amides is 1. The number of esters is 1. The van der Waals surface area contributed by atoms with Gasteiger partial charge in [-0.2, -0.15) is 0 Å². The highest BCUT2D eigenvalue weighted by atomic mass is 35.5. The Labute approximate surface area is 168 Å². The first-order valence-corrected chi connectivity index (χ1v) is 9.95. The minimum atomic E-state index is -0.561. The highest BCUT2D eigenvalue weighted by Crippen LogP contribution is 2.37. The zero-order valence-electron chi connectivity index (χ0n) is 14.9. The minimum Gasteiger partial charge on any atom is -0.452 e. The van der Waals surface area contributed by atoms with Crippen molar-refractivity contribution in [3.63, 3.8) is 0 Å². The molecule has 0 radical (unpaired) electrons. The number of hydrogen-bond donors (Lipinski definition) is 0. The maximum Gasteiger partial charge on any atom is 0.331 e. The summed E-state index contributed by atoms with van der Waals surface area (Å²) in [5.41, 5.74) is 1.67. The third-order valence-electron chi connectivity index (χ3n) is 4.14. The Morgan fingerprint density at radius 2 is 2.07 bits per heavy atom. The molecule has 1 amide bonds. The number of rotatable bonds is 4. The van der Waals surface area contributed by atoms with Gasteiger partial charge in [0.25, 0.3) is 5.91 Å². The normalized spacial score (nSPS) is 16.7. The van der Waals surface area contributed by atoms with E-state index in [0.29, 0.717) is 16.8 Å². The second-order valence-electron chi connectivity index (χ2n) is 6.23. The van der Waals surface area contributed by atoms with Gasteiger partial charge in [0.05, 0.1) is 5.69 Å². The molecule has 0 bridgehead atoms. The molecule has 0 saturated heterocycles. The van der Waals surface area contributed by atoms with Crippen LogP contribution in [0.15, 0.2) is 59.5 Å². The maximum atomic E-state index is 12.6. The average molecular weight is 402 g/mol. The Balaban J connectivity index is 1.61. The second-order valence-corrected chi connectivity index (χ2v) is 8.14. The number of para-hydroxylation sites is 1. The van der Waals surface area contributed by atoms with Gasteiger partial charge in [-0.1, -0.05) is 42.8 Å². The molecule has 1 aliphatic rings. The lowest BCUT2D eigenvalue weighted by Gasteiger charge is -2.22. The monoisotopic (exact) mass is 401 g/mol. The summed E-state index contributed by atoms with van der Waals surface area (Å²) in [4.78, 5) is 27.4. The van der Waals surface area contributed by atoms with Crippen molar-refractivity contribution in [3.8, 4) is 0 Å². The lowest BCUT2D eigenvalue weighted by Crippen LogP contribution is -2.35. The fourth-order valence-corrected chi connectivity index (χ4v) is 4.09. The predicted molar refractivity (Wildman–Crippen MR) is 110 cm³/mol. The van der Waals surface area contributed by atoms with E-state index in [2.05, 4.69) is 6.92 Å². The lowest BCUT2D eigenvalue weighted by atomic mass is 10.2. The van der Waals surface area contributed by atoms with Gasteiger partial charge in [-0.25, -0.2) is 4.79 Å². The number of anilines is 1. The van der Waals surface area contributed by atoms with Gasteiger partial charge in [-0.3, -0.25) is 4.79 Å². The number of benzene rings is 2. The van der Waals surface area contributed by atoms with E-state index < -0.39 is 5.97 Å². The number of halogens is 1. The topological polar surface area (TPSA) is 46.6 Å². The van der Waals surface area contributed by atoms with E-state index in [1.807, 2.05) is 30.3 Å². The third kappa shape index (κ3) is 5.37. The largest absolute Gasteiger partial charge is 0.452 e. The van der Waals surface area contributed by atoms with Crippen molar-refractivity contribution in [2.45, 2.75) is 23.5 Å². The second kappa shape index (κ2) is 9.11. The molecule has 0 spiro atoms. The summed E-state index contributed by atoms with van der Waals surface area (Å²) in [6.45, 7) is 2.47. The van der Waals surface area contributed by atoms with Crippen LogP contribution in [0.3, 0.4) is 0 Å². The molecule has 140 valence electrons. The number of ether oxygens (including phenoxy) is 1. The summed E-state index contributed by atoms with van der Waals surface area (Å²) in [6.07, 6.45) is 3.79. The average Bonchev–Trinajstić information content (AvgIpc) is 2.82. The zero-order chi connectivity index (χ0) is 19.2. The molecule has 0 aromatic heterocycles. The lowest BCUT2D eigenvalue weighted by molar-refractivity contribution is -0.142. The van der Waals surface area contributed by atoms with E-state index in [9.17, 15) is 9.59 Å². The summed E-state index contributed by atoms with van der Waals surface area (Å²) in [5, 5.41) is 1.01. The Morgan fingerprint density at radius 3 is 2.89 bits per heavy atom. The number of fused-ring (bicyclic) bond motifs is 1. The van der Waals surface area contributed by atoms with Gasteiger partial charge >= 0.3 is 5.97 Å². The number of hydrogen-bond acceptors (Lipinski definition) is 4. The van der Waals surface area contributed by atoms with Gasteiger partial charge in [-0.05, 0) is 42.3 Å². The van der Waals surface area contributed by atoms with Crippen LogP contribution >= 0.6 is 23.4 Å². The van der Waals surface area contributed by atoms with Gasteiger partial charge in [0.2, 0.25) is 0 Å². The maximum absolute atomic E-state index is 12.6. The van der Waals surface area contributed by atoms with Crippen molar-refractivity contribution in [1.29, 1.82) is 0 Å². The van der Waals surface area contributed by atoms with Crippen molar-refractivity contribution >= 4 is 47.0 Å². The zero-order valence-corrected chi connectivity index (χ0v) is 16.5. The molecular weight excluding hydrogens is 382 g/mol. The molecule has 0 N–H and O–H groups in total. The molecule has 0 saturated carbocycles. The molecular formula is C21H20ClNO3S. The minimum absolute atomic E-state index is 0.221. The van der Waals surface area contributed by atoms with Gasteiger partial charge in [0.15, 0.2) is 6.61 Å². The number of carbonyl (C=O) groups excluding carboxylic acids is 2. The Bertz CT molecular complexity index is 868. The van der Waals surface area contributed by atoms with Crippen molar-refractivity contribution in [3.05, 3.63) is 65.2 Å². The molecule has 3 rings (SSSR count). The summed E-state index contributed by atoms with van der Waals surface area (Å²) < 4.78 is 5.13. The number of carbonyl (C=O) groups is 2. The molecule has 6 heteroatoms. The fraction of sp³-hybridized carbons (Fsp3) is 0.238. The third-order valence-corrected chi connectivity index (χ3v) is 5.62. The van der Waals surface area contributed by atoms with Crippen molar-refractivity contribution in [2.75, 3.05) is 18.1 Å². The molecule has 27 heavy (non-hydrogen) atoms. The van der Waals surface area contributed by atoms with E-state index in [-0.39, 0.29) is 12.5 Å². The quantitative estimate of drug-likeness (QED) is 0.544. The van der Waals surface area contributed by atoms with Crippen LogP contribution in [-0.2, 0) is 14.3 Å². The fourth-order valence-electron chi connectivity index (χ4n) is 2.78. The molecule has 0 aliphatic carbocycles. The van der Waals surface area contributed by atoms with E-state index in [4.69, 9.17) is 16.3 Å². The van der Waals surface area contributed by atoms with Gasteiger partial charge in [-0.15, -0.1) is 11.8 Å². The summed E-state index contributed by atoms with van der Waals surface area (Å²) >= 11 is 7.67. The first-order valence-electron chi connectivity index (χ1n) is 8.69. The Kier molecular flexibility index (Phi) is 6.58. The number of nitrogens with zero attached hydrogens (tertiary/aromatic N) is 1. The molecule has 2 aromatic carbocycles. The van der Waals surface area contributed by atoms with Crippen molar-refractivity contribution in [1.82, 2.24) is 0 Å². The summed E-state index contributed by atoms with van der Waals surface area (Å²) in [6, 6.07) is 14.9. The Morgan fingerprint density at radius 1 is 1.26 bits per heavy atom. The van der Waals surface area contributed by atoms with Gasteiger partial charge in [0.1, 0.15) is 0 Å². The van der Waals surface area contributed by atoms with E-state index >= 15 is 0 Å². The van der Waals surface area contributed by atoms with Crippen molar-refractivity contribution in [2.24, 2.45) is 0 Å². The smallest absolute Gasteiger partial charge is 0.331 e. The van der Waals surface area contributed by atoms with Crippen molar-refractivity contribution < 1.29 is 14.3 Å². The van der Waals surface area contributed by atoms with Gasteiger partial charge < -0.3 is 9.64 Å². The van der Waals surface area contributed by atoms with Crippen LogP contribution in [-0.4, -0.2) is 30.3 Å². The molecule has 2 aromatic rings. The highest BCUT2D eigenvalue weighted by Gasteiger charge is 2.24. The van der Waals surface area contributed by atoms with Crippen LogP contribution in [0.1, 0.15) is 18.9 Å². The molecule has 1 heterocycles. The summed E-state index contributed by atoms with van der Waals surface area (Å²) in [7, 11) is 0. The van der Waals surface area contributed by atoms with Crippen LogP contribution in [0.5, 0.6) is 0 Å². The van der Waals surface area contributed by atoms with Crippen LogP contribution in [0, 0.1) is 0 Å². The van der Waals surface area contributed by atoms with Crippen LogP contribution in [0.2, 0.25) is 5.02 Å². The van der Waals surface area contributed by atoms with Crippen LogP contribution in [0.4, 0.5) is 5.69 Å². The molecule has 1 atom stereocenters. The van der Waals surface area contributed by atoms with Crippen LogP contribution < -0.4 is 4.90 Å².